The number of hydrogen-bond donors (Lipinski definition) is 2. The average molecular weight is 281 g/mol. The highest BCUT2D eigenvalue weighted by atomic mass is 32.2. The predicted molar refractivity (Wildman–Crippen MR) is 75.2 cm³/mol. The minimum absolute atomic E-state index is 0.114. The molecule has 1 fully saturated rings. The molecule has 1 aliphatic heterocycles. The number of nitrogens with zero attached hydrogens (tertiary/aromatic N) is 1. The van der Waals surface area contributed by atoms with Gasteiger partial charge in [-0.05, 0) is 38.1 Å². The Labute approximate surface area is 113 Å². The topological polar surface area (TPSA) is 87.2 Å². The van der Waals surface area contributed by atoms with Gasteiger partial charge >= 0.3 is 0 Å². The maximum atomic E-state index is 12.2. The number of nitrogens with two attached hydrogens (primary N) is 1. The van der Waals surface area contributed by atoms with Crippen molar-refractivity contribution < 1.29 is 8.42 Å². The van der Waals surface area contributed by atoms with Gasteiger partial charge in [0.1, 0.15) is 5.84 Å². The summed E-state index contributed by atoms with van der Waals surface area (Å²) < 4.78 is 24.5. The van der Waals surface area contributed by atoms with Crippen molar-refractivity contribution in [2.75, 3.05) is 25.4 Å². The van der Waals surface area contributed by atoms with Crippen LogP contribution < -0.4 is 5.73 Å². The molecule has 19 heavy (non-hydrogen) atoms. The van der Waals surface area contributed by atoms with Crippen LogP contribution in [0.15, 0.2) is 29.2 Å². The Morgan fingerprint density at radius 1 is 1.32 bits per heavy atom. The van der Waals surface area contributed by atoms with Crippen molar-refractivity contribution >= 4 is 15.7 Å². The van der Waals surface area contributed by atoms with Gasteiger partial charge in [-0.1, -0.05) is 12.1 Å². The molecule has 0 aliphatic carbocycles. The molecule has 0 bridgehead atoms. The van der Waals surface area contributed by atoms with Gasteiger partial charge in [0.15, 0.2) is 9.84 Å². The minimum Gasteiger partial charge on any atom is -0.384 e. The first-order valence-electron chi connectivity index (χ1n) is 6.38. The zero-order valence-electron chi connectivity index (χ0n) is 10.8. The van der Waals surface area contributed by atoms with Crippen molar-refractivity contribution in [2.24, 2.45) is 5.73 Å². The smallest absolute Gasteiger partial charge is 0.179 e. The molecule has 3 N–H and O–H groups in total. The van der Waals surface area contributed by atoms with Gasteiger partial charge < -0.3 is 10.6 Å². The zero-order chi connectivity index (χ0) is 13.9. The van der Waals surface area contributed by atoms with E-state index in [0.717, 1.165) is 25.9 Å². The molecule has 0 saturated carbocycles. The Bertz CT molecular complexity index is 563. The van der Waals surface area contributed by atoms with Crippen molar-refractivity contribution in [1.82, 2.24) is 4.90 Å². The summed E-state index contributed by atoms with van der Waals surface area (Å²) in [6, 6.07) is 6.30. The van der Waals surface area contributed by atoms with Gasteiger partial charge in [0.2, 0.25) is 0 Å². The highest BCUT2D eigenvalue weighted by Gasteiger charge is 2.19. The van der Waals surface area contributed by atoms with Crippen molar-refractivity contribution in [3.8, 4) is 0 Å². The summed E-state index contributed by atoms with van der Waals surface area (Å²) in [5, 5.41) is 7.35. The first-order chi connectivity index (χ1) is 8.99. The maximum Gasteiger partial charge on any atom is 0.179 e. The van der Waals surface area contributed by atoms with Crippen LogP contribution in [0, 0.1) is 5.41 Å². The molecule has 1 heterocycles. The van der Waals surface area contributed by atoms with E-state index in [0.29, 0.717) is 12.1 Å². The summed E-state index contributed by atoms with van der Waals surface area (Å²) in [6.45, 7) is 2.55. The second kappa shape index (κ2) is 5.71. The lowest BCUT2D eigenvalue weighted by Crippen LogP contribution is -2.26. The van der Waals surface area contributed by atoms with E-state index in [-0.39, 0.29) is 16.5 Å². The van der Waals surface area contributed by atoms with Crippen LogP contribution in [0.4, 0.5) is 0 Å². The third-order valence-corrected chi connectivity index (χ3v) is 5.07. The van der Waals surface area contributed by atoms with E-state index in [9.17, 15) is 8.42 Å². The Balaban J connectivity index is 2.09. The van der Waals surface area contributed by atoms with Gasteiger partial charge in [-0.3, -0.25) is 5.41 Å². The molecule has 6 heteroatoms. The highest BCUT2D eigenvalue weighted by Crippen LogP contribution is 2.15. The van der Waals surface area contributed by atoms with E-state index in [2.05, 4.69) is 4.90 Å². The normalized spacial score (nSPS) is 16.6. The second-order valence-electron chi connectivity index (χ2n) is 4.81. The molecule has 5 nitrogen and oxygen atoms in total. The SMILES string of the molecule is N=C(N)c1cccc(S(=O)(=O)CCN2CCCC2)c1. The van der Waals surface area contributed by atoms with Gasteiger partial charge in [-0.25, -0.2) is 8.42 Å². The number of amidine groups is 1. The van der Waals surface area contributed by atoms with E-state index < -0.39 is 9.84 Å². The van der Waals surface area contributed by atoms with Crippen molar-refractivity contribution in [1.29, 1.82) is 5.41 Å². The molecule has 1 aromatic rings. The van der Waals surface area contributed by atoms with Crippen LogP contribution >= 0.6 is 0 Å². The molecule has 0 amide bonds. The van der Waals surface area contributed by atoms with Gasteiger partial charge in [0.05, 0.1) is 10.6 Å². The maximum absolute atomic E-state index is 12.2. The predicted octanol–water partition coefficient (Wildman–Crippen LogP) is 0.840. The number of nitrogen functional groups attached to an aromatic ring is 1. The van der Waals surface area contributed by atoms with Crippen LogP contribution in [0.3, 0.4) is 0 Å². The number of rotatable bonds is 5. The fourth-order valence-corrected chi connectivity index (χ4v) is 3.56. The van der Waals surface area contributed by atoms with Gasteiger partial charge in [0.25, 0.3) is 0 Å². The van der Waals surface area contributed by atoms with Crippen molar-refractivity contribution in [3.63, 3.8) is 0 Å². The van der Waals surface area contributed by atoms with E-state index in [4.69, 9.17) is 11.1 Å². The molecule has 0 spiro atoms. The molecule has 0 unspecified atom stereocenters. The lowest BCUT2D eigenvalue weighted by atomic mass is 10.2. The fourth-order valence-electron chi connectivity index (χ4n) is 2.23. The summed E-state index contributed by atoms with van der Waals surface area (Å²) in [5.41, 5.74) is 5.83. The van der Waals surface area contributed by atoms with E-state index in [1.54, 1.807) is 18.2 Å². The molecule has 1 aliphatic rings. The molecule has 0 radical (unpaired) electrons. The summed E-state index contributed by atoms with van der Waals surface area (Å²) in [5.74, 6) is 0.00514. The summed E-state index contributed by atoms with van der Waals surface area (Å²) in [7, 11) is -3.30. The van der Waals surface area contributed by atoms with Crippen LogP contribution in [0.2, 0.25) is 0 Å². The second-order valence-corrected chi connectivity index (χ2v) is 6.92. The summed E-state index contributed by atoms with van der Waals surface area (Å²) in [6.07, 6.45) is 2.31. The summed E-state index contributed by atoms with van der Waals surface area (Å²) in [4.78, 5) is 2.42. The monoisotopic (exact) mass is 281 g/mol. The quantitative estimate of drug-likeness (QED) is 0.618. The number of sulfone groups is 1. The average Bonchev–Trinajstić information content (AvgIpc) is 2.90. The Hall–Kier alpha value is -1.40. The van der Waals surface area contributed by atoms with Crippen LogP contribution in [0.25, 0.3) is 0 Å². The van der Waals surface area contributed by atoms with Crippen LogP contribution in [0.1, 0.15) is 18.4 Å². The van der Waals surface area contributed by atoms with Crippen LogP contribution in [-0.2, 0) is 9.84 Å². The lowest BCUT2D eigenvalue weighted by molar-refractivity contribution is 0.359. The molecule has 0 atom stereocenters. The van der Waals surface area contributed by atoms with E-state index >= 15 is 0 Å². The largest absolute Gasteiger partial charge is 0.384 e. The Morgan fingerprint density at radius 3 is 2.63 bits per heavy atom. The highest BCUT2D eigenvalue weighted by molar-refractivity contribution is 7.91. The number of nitrogens with one attached hydrogen (secondary N) is 1. The van der Waals surface area contributed by atoms with E-state index in [1.165, 1.54) is 6.07 Å². The molecule has 1 saturated heterocycles. The standard InChI is InChI=1S/C13H19N3O2S/c14-13(15)11-4-3-5-12(10-11)19(17,18)9-8-16-6-1-2-7-16/h3-5,10H,1-2,6-9H2,(H3,14,15). The molecular weight excluding hydrogens is 262 g/mol. The zero-order valence-corrected chi connectivity index (χ0v) is 11.6. The minimum atomic E-state index is -3.30. The number of likely N-dealkylation sites (tertiary alicyclic amines) is 1. The van der Waals surface area contributed by atoms with Crippen molar-refractivity contribution in [3.05, 3.63) is 29.8 Å². The van der Waals surface area contributed by atoms with Gasteiger partial charge in [-0.15, -0.1) is 0 Å². The molecule has 0 aromatic heterocycles. The molecular formula is C13H19N3O2S. The molecule has 104 valence electrons. The first-order valence-corrected chi connectivity index (χ1v) is 8.04. The van der Waals surface area contributed by atoms with Gasteiger partial charge in [0, 0.05) is 12.1 Å². The first kappa shape index (κ1) is 14.0. The van der Waals surface area contributed by atoms with Gasteiger partial charge in [-0.2, -0.15) is 0 Å². The molecule has 1 aromatic carbocycles. The van der Waals surface area contributed by atoms with E-state index in [1.807, 2.05) is 0 Å². The third kappa shape index (κ3) is 3.54. The van der Waals surface area contributed by atoms with Crippen molar-refractivity contribution in [2.45, 2.75) is 17.7 Å². The summed E-state index contributed by atoms with van der Waals surface area (Å²) >= 11 is 0. The number of hydrogen-bond acceptors (Lipinski definition) is 4. The number of benzene rings is 1. The molecule has 2 rings (SSSR count). The van der Waals surface area contributed by atoms with Crippen LogP contribution in [0.5, 0.6) is 0 Å². The third-order valence-electron chi connectivity index (χ3n) is 3.38. The van der Waals surface area contributed by atoms with Crippen LogP contribution in [-0.4, -0.2) is 44.5 Å². The Morgan fingerprint density at radius 2 is 2.00 bits per heavy atom. The fraction of sp³-hybridized carbons (Fsp3) is 0.462. The Kier molecular flexibility index (Phi) is 4.21. The lowest BCUT2D eigenvalue weighted by Gasteiger charge is -2.14.